The van der Waals surface area contributed by atoms with Crippen LogP contribution in [0.2, 0.25) is 0 Å². The molecule has 16 heteroatoms. The molecule has 3 aromatic heterocycles. The summed E-state index contributed by atoms with van der Waals surface area (Å²) in [7, 11) is 0. The fourth-order valence-corrected chi connectivity index (χ4v) is 4.28. The van der Waals surface area contributed by atoms with E-state index in [0.717, 1.165) is 55.9 Å². The van der Waals surface area contributed by atoms with E-state index in [4.69, 9.17) is 24.8 Å². The number of likely N-dealkylation sites (tertiary alicyclic amines) is 1. The highest BCUT2D eigenvalue weighted by atomic mass is 19.4. The molecule has 0 aromatic carbocycles. The quantitative estimate of drug-likeness (QED) is 0.346. The lowest BCUT2D eigenvalue weighted by atomic mass is 10.2. The molecule has 236 valence electrons. The average molecular weight is 620 g/mol. The van der Waals surface area contributed by atoms with Crippen molar-refractivity contribution in [1.82, 2.24) is 24.2 Å². The summed E-state index contributed by atoms with van der Waals surface area (Å²) in [5, 5.41) is 14.2. The monoisotopic (exact) mass is 619 g/mol. The number of nitrogens with zero attached hydrogens (tertiary/aromatic N) is 5. The molecule has 4 heterocycles. The molecule has 0 spiro atoms. The Morgan fingerprint density at radius 2 is 1.58 bits per heavy atom. The van der Waals surface area contributed by atoms with Crippen LogP contribution in [0.5, 0.6) is 0 Å². The summed E-state index contributed by atoms with van der Waals surface area (Å²) in [5.41, 5.74) is 2.53. The van der Waals surface area contributed by atoms with Gasteiger partial charge in [0.25, 0.3) is 5.91 Å². The normalized spacial score (nSPS) is 15.2. The number of alkyl halides is 6. The number of halogens is 6. The number of hydrogen-bond donors (Lipinski definition) is 2. The number of amides is 1. The zero-order valence-electron chi connectivity index (χ0n) is 23.3. The number of fused-ring (bicyclic) bond motifs is 1. The fourth-order valence-electron chi connectivity index (χ4n) is 4.28. The average Bonchev–Trinajstić information content (AvgIpc) is 3.56. The maximum absolute atomic E-state index is 13.2. The number of carboxylic acid groups (broad SMARTS) is 2. The molecule has 1 saturated heterocycles. The Labute approximate surface area is 242 Å². The first-order chi connectivity index (χ1) is 20.1. The number of imidazole rings is 1. The third kappa shape index (κ3) is 9.94. The van der Waals surface area contributed by atoms with Crippen molar-refractivity contribution >= 4 is 23.4 Å². The molecule has 4 rings (SSSR count). The van der Waals surface area contributed by atoms with Crippen LogP contribution in [0.1, 0.15) is 61.2 Å². The number of aliphatic carboxylic acids is 2. The minimum Gasteiger partial charge on any atom is -0.475 e. The highest BCUT2D eigenvalue weighted by Crippen LogP contribution is 2.33. The van der Waals surface area contributed by atoms with Crippen molar-refractivity contribution in [2.45, 2.75) is 58.0 Å². The van der Waals surface area contributed by atoms with Crippen molar-refractivity contribution < 1.29 is 50.9 Å². The number of rotatable bonds is 7. The predicted molar refractivity (Wildman–Crippen MR) is 141 cm³/mol. The topological polar surface area (TPSA) is 128 Å². The molecular formula is C27H31F6N5O5. The summed E-state index contributed by atoms with van der Waals surface area (Å²) >= 11 is 0. The maximum Gasteiger partial charge on any atom is 0.490 e. The molecule has 1 aliphatic rings. The van der Waals surface area contributed by atoms with Crippen LogP contribution in [0.15, 0.2) is 48.8 Å². The van der Waals surface area contributed by atoms with Crippen LogP contribution in [0.4, 0.5) is 26.3 Å². The van der Waals surface area contributed by atoms with Crippen molar-refractivity contribution in [3.63, 3.8) is 0 Å². The molecule has 1 unspecified atom stereocenters. The van der Waals surface area contributed by atoms with Gasteiger partial charge in [-0.3, -0.25) is 14.7 Å². The van der Waals surface area contributed by atoms with Gasteiger partial charge >= 0.3 is 24.3 Å². The highest BCUT2D eigenvalue weighted by molar-refractivity contribution is 5.99. The molecule has 0 radical (unpaired) electrons. The number of aromatic nitrogens is 3. The molecule has 0 saturated carbocycles. The van der Waals surface area contributed by atoms with Crippen molar-refractivity contribution in [2.24, 2.45) is 0 Å². The van der Waals surface area contributed by atoms with Gasteiger partial charge in [-0.1, -0.05) is 19.1 Å². The molecule has 3 aromatic rings. The van der Waals surface area contributed by atoms with Crippen LogP contribution in [-0.4, -0.2) is 84.2 Å². The van der Waals surface area contributed by atoms with Gasteiger partial charge in [-0.25, -0.2) is 14.6 Å². The summed E-state index contributed by atoms with van der Waals surface area (Å²) < 4.78 is 65.6. The Morgan fingerprint density at radius 3 is 2.09 bits per heavy atom. The van der Waals surface area contributed by atoms with Crippen LogP contribution >= 0.6 is 0 Å². The summed E-state index contributed by atoms with van der Waals surface area (Å²) in [6, 6.07) is 12.2. The number of carbonyl (C=O) groups is 3. The van der Waals surface area contributed by atoms with Gasteiger partial charge in [-0.05, 0) is 57.0 Å². The second kappa shape index (κ2) is 15.3. The Hall–Kier alpha value is -4.21. The van der Waals surface area contributed by atoms with Crippen molar-refractivity contribution in [3.05, 3.63) is 66.0 Å². The summed E-state index contributed by atoms with van der Waals surface area (Å²) in [4.78, 5) is 44.7. The first-order valence-electron chi connectivity index (χ1n) is 13.1. The van der Waals surface area contributed by atoms with Gasteiger partial charge in [0.05, 0.1) is 17.3 Å². The third-order valence-corrected chi connectivity index (χ3v) is 6.18. The van der Waals surface area contributed by atoms with E-state index in [9.17, 15) is 31.1 Å². The number of hydrogen-bond acceptors (Lipinski definition) is 6. The highest BCUT2D eigenvalue weighted by Gasteiger charge is 2.39. The molecule has 1 fully saturated rings. The van der Waals surface area contributed by atoms with Gasteiger partial charge in [0, 0.05) is 32.0 Å². The van der Waals surface area contributed by atoms with Crippen LogP contribution < -0.4 is 0 Å². The van der Waals surface area contributed by atoms with E-state index in [1.807, 2.05) is 54.5 Å². The number of pyridine rings is 2. The largest absolute Gasteiger partial charge is 0.490 e. The van der Waals surface area contributed by atoms with E-state index in [-0.39, 0.29) is 11.9 Å². The smallest absolute Gasteiger partial charge is 0.475 e. The first kappa shape index (κ1) is 35.0. The molecule has 1 atom stereocenters. The molecule has 1 amide bonds. The molecule has 2 N–H and O–H groups in total. The molecule has 1 aliphatic heterocycles. The van der Waals surface area contributed by atoms with Crippen LogP contribution in [0.25, 0.3) is 5.52 Å². The molecule has 0 aliphatic carbocycles. The van der Waals surface area contributed by atoms with E-state index in [2.05, 4.69) is 27.3 Å². The fraction of sp³-hybridized carbons (Fsp3) is 0.444. The maximum atomic E-state index is 13.2. The second-order valence-electron chi connectivity index (χ2n) is 9.21. The minimum absolute atomic E-state index is 0.0265. The van der Waals surface area contributed by atoms with E-state index in [1.165, 1.54) is 0 Å². The van der Waals surface area contributed by atoms with E-state index in [0.29, 0.717) is 12.2 Å². The van der Waals surface area contributed by atoms with Gasteiger partial charge in [-0.2, -0.15) is 26.3 Å². The zero-order chi connectivity index (χ0) is 32.4. The van der Waals surface area contributed by atoms with E-state index in [1.54, 1.807) is 0 Å². The molecule has 0 bridgehead atoms. The Morgan fingerprint density at radius 1 is 0.977 bits per heavy atom. The molecule has 10 nitrogen and oxygen atoms in total. The predicted octanol–water partition coefficient (Wildman–Crippen LogP) is 5.21. The standard InChI is InChI=1S/C23H29N5O.2C2HF3O2/c1-3-14-26(4-2)23(29)21-19-11-6-8-16-28(19)22(25-21)20-12-9-15-27(20)17-18-10-5-7-13-24-18;2*3-2(4,5)1(6)7/h5-8,10-11,13,16,20H,3-4,9,12,14-15,17H2,1-2H3;2*(H,6,7). The minimum atomic E-state index is -5.08. The van der Waals surface area contributed by atoms with Crippen LogP contribution in [0.3, 0.4) is 0 Å². The van der Waals surface area contributed by atoms with E-state index < -0.39 is 24.3 Å². The van der Waals surface area contributed by atoms with Crippen LogP contribution in [-0.2, 0) is 16.1 Å². The lowest BCUT2D eigenvalue weighted by molar-refractivity contribution is -0.193. The summed E-state index contributed by atoms with van der Waals surface area (Å²) in [6.45, 7) is 7.39. The summed E-state index contributed by atoms with van der Waals surface area (Å²) in [6.07, 6.45) is -3.18. The lowest BCUT2D eigenvalue weighted by Crippen LogP contribution is -2.32. The van der Waals surface area contributed by atoms with Crippen molar-refractivity contribution in [2.75, 3.05) is 19.6 Å². The van der Waals surface area contributed by atoms with Gasteiger partial charge in [0.1, 0.15) is 5.82 Å². The second-order valence-corrected chi connectivity index (χ2v) is 9.21. The van der Waals surface area contributed by atoms with Gasteiger partial charge in [-0.15, -0.1) is 0 Å². The SMILES string of the molecule is CCCN(CC)C(=O)c1nc(C2CCCN2Cc2ccccn2)n2ccccc12.O=C(O)C(F)(F)F.O=C(O)C(F)(F)F. The van der Waals surface area contributed by atoms with Crippen LogP contribution in [0, 0.1) is 0 Å². The molecular weight excluding hydrogens is 588 g/mol. The van der Waals surface area contributed by atoms with Gasteiger partial charge in [0.15, 0.2) is 5.69 Å². The Bertz CT molecular complexity index is 1340. The Balaban J connectivity index is 0.000000384. The van der Waals surface area contributed by atoms with Gasteiger partial charge < -0.3 is 19.5 Å². The summed E-state index contributed by atoms with van der Waals surface area (Å²) in [5.74, 6) is -4.52. The zero-order valence-corrected chi connectivity index (χ0v) is 23.3. The third-order valence-electron chi connectivity index (χ3n) is 6.18. The van der Waals surface area contributed by atoms with E-state index >= 15 is 0 Å². The van der Waals surface area contributed by atoms with Crippen molar-refractivity contribution in [3.8, 4) is 0 Å². The first-order valence-corrected chi connectivity index (χ1v) is 13.1. The Kier molecular flexibility index (Phi) is 12.5. The van der Waals surface area contributed by atoms with Gasteiger partial charge in [0.2, 0.25) is 0 Å². The molecule has 43 heavy (non-hydrogen) atoms. The van der Waals surface area contributed by atoms with Crippen molar-refractivity contribution in [1.29, 1.82) is 0 Å². The number of carbonyl (C=O) groups excluding carboxylic acids is 1. The number of carboxylic acids is 2. The lowest BCUT2D eigenvalue weighted by Gasteiger charge is -2.23.